The average molecular weight is 295 g/mol. The minimum absolute atomic E-state index is 0.0466. The molecule has 1 atom stereocenters. The van der Waals surface area contributed by atoms with Gasteiger partial charge < -0.3 is 20.5 Å². The van der Waals surface area contributed by atoms with Crippen LogP contribution >= 0.6 is 0 Å². The fraction of sp³-hybridized carbons (Fsp3) is 0.462. The van der Waals surface area contributed by atoms with Crippen LogP contribution in [0, 0.1) is 16.0 Å². The van der Waals surface area contributed by atoms with Gasteiger partial charge in [-0.2, -0.15) is 0 Å². The number of carbonyl (C=O) groups is 1. The van der Waals surface area contributed by atoms with Gasteiger partial charge in [0.2, 0.25) is 5.91 Å². The first-order valence-corrected chi connectivity index (χ1v) is 6.54. The Balaban J connectivity index is 2.33. The van der Waals surface area contributed by atoms with Crippen LogP contribution < -0.4 is 20.5 Å². The van der Waals surface area contributed by atoms with Gasteiger partial charge in [0.05, 0.1) is 17.0 Å². The molecule has 114 valence electrons. The quantitative estimate of drug-likeness (QED) is 0.638. The summed E-state index contributed by atoms with van der Waals surface area (Å²) in [5.41, 5.74) is 5.52. The third kappa shape index (κ3) is 3.22. The first kappa shape index (κ1) is 15.0. The highest BCUT2D eigenvalue weighted by Crippen LogP contribution is 2.39. The van der Waals surface area contributed by atoms with Crippen molar-refractivity contribution in [1.29, 1.82) is 0 Å². The summed E-state index contributed by atoms with van der Waals surface area (Å²) in [6, 6.07) is 1.88. The lowest BCUT2D eigenvalue weighted by molar-refractivity contribution is -0.384. The Kier molecular flexibility index (Phi) is 4.27. The number of hydrogen-bond acceptors (Lipinski definition) is 6. The molecule has 0 saturated heterocycles. The maximum Gasteiger partial charge on any atom is 0.296 e. The second-order valence-electron chi connectivity index (χ2n) is 5.03. The van der Waals surface area contributed by atoms with Crippen LogP contribution in [-0.4, -0.2) is 30.1 Å². The average Bonchev–Trinajstić information content (AvgIpc) is 2.45. The van der Waals surface area contributed by atoms with Crippen LogP contribution in [-0.2, 0) is 4.79 Å². The van der Waals surface area contributed by atoms with Crippen LogP contribution in [0.25, 0.3) is 0 Å². The largest absolute Gasteiger partial charge is 0.486 e. The Bertz CT molecular complexity index is 573. The molecule has 3 N–H and O–H groups in total. The van der Waals surface area contributed by atoms with E-state index in [4.69, 9.17) is 15.2 Å². The van der Waals surface area contributed by atoms with E-state index >= 15 is 0 Å². The van der Waals surface area contributed by atoms with Crippen LogP contribution in [0.3, 0.4) is 0 Å². The molecule has 1 aliphatic heterocycles. The summed E-state index contributed by atoms with van der Waals surface area (Å²) in [5.74, 6) is 0.0884. The topological polar surface area (TPSA) is 117 Å². The van der Waals surface area contributed by atoms with E-state index in [9.17, 15) is 14.9 Å². The lowest BCUT2D eigenvalue weighted by Gasteiger charge is -2.20. The van der Waals surface area contributed by atoms with E-state index in [0.29, 0.717) is 24.7 Å². The highest BCUT2D eigenvalue weighted by Gasteiger charge is 2.25. The highest BCUT2D eigenvalue weighted by atomic mass is 16.6. The van der Waals surface area contributed by atoms with Crippen LogP contribution in [0.4, 0.5) is 11.4 Å². The fourth-order valence-corrected chi connectivity index (χ4v) is 1.85. The monoisotopic (exact) mass is 295 g/mol. The zero-order valence-corrected chi connectivity index (χ0v) is 11.8. The lowest BCUT2D eigenvalue weighted by Crippen LogP contribution is -2.39. The van der Waals surface area contributed by atoms with Crippen molar-refractivity contribution in [1.82, 2.24) is 0 Å². The van der Waals surface area contributed by atoms with Gasteiger partial charge in [0.15, 0.2) is 11.5 Å². The molecule has 1 aliphatic rings. The molecule has 1 heterocycles. The van der Waals surface area contributed by atoms with Crippen LogP contribution in [0.1, 0.15) is 13.8 Å². The van der Waals surface area contributed by atoms with Gasteiger partial charge in [-0.15, -0.1) is 0 Å². The number of nitrogens with two attached hydrogens (primary N) is 1. The Morgan fingerprint density at radius 1 is 1.33 bits per heavy atom. The minimum atomic E-state index is -0.752. The SMILES string of the molecule is CC(C)[C@H](N)C(=O)Nc1cc2c(cc1[N+](=O)[O-])OCCO2. The summed E-state index contributed by atoms with van der Waals surface area (Å²) < 4.78 is 10.7. The standard InChI is InChI=1S/C13H17N3O5/c1-7(2)12(14)13(17)15-8-5-10-11(21-4-3-20-10)6-9(8)16(18)19/h5-7,12H,3-4,14H2,1-2H3,(H,15,17)/t12-/m0/s1. The molecule has 21 heavy (non-hydrogen) atoms. The number of nitrogens with one attached hydrogen (secondary N) is 1. The minimum Gasteiger partial charge on any atom is -0.486 e. The van der Waals surface area contributed by atoms with E-state index < -0.39 is 16.9 Å². The second kappa shape index (κ2) is 5.96. The third-order valence-electron chi connectivity index (χ3n) is 3.14. The first-order valence-electron chi connectivity index (χ1n) is 6.54. The van der Waals surface area contributed by atoms with E-state index in [-0.39, 0.29) is 17.3 Å². The van der Waals surface area contributed by atoms with E-state index in [1.807, 2.05) is 0 Å². The van der Waals surface area contributed by atoms with E-state index in [0.717, 1.165) is 0 Å². The fourth-order valence-electron chi connectivity index (χ4n) is 1.85. The van der Waals surface area contributed by atoms with Crippen LogP contribution in [0.5, 0.6) is 11.5 Å². The molecule has 0 fully saturated rings. The van der Waals surface area contributed by atoms with Crippen molar-refractivity contribution in [3.63, 3.8) is 0 Å². The third-order valence-corrected chi connectivity index (χ3v) is 3.14. The van der Waals surface area contributed by atoms with Gasteiger partial charge in [0, 0.05) is 6.07 Å². The molecular weight excluding hydrogens is 278 g/mol. The molecule has 0 spiro atoms. The summed E-state index contributed by atoms with van der Waals surface area (Å²) in [4.78, 5) is 22.5. The molecule has 0 saturated carbocycles. The summed E-state index contributed by atoms with van der Waals surface area (Å²) in [6.07, 6.45) is 0. The number of hydrogen-bond donors (Lipinski definition) is 2. The Morgan fingerprint density at radius 2 is 1.90 bits per heavy atom. The number of nitro benzene ring substituents is 1. The van der Waals surface area contributed by atoms with Gasteiger partial charge in [-0.05, 0) is 5.92 Å². The lowest BCUT2D eigenvalue weighted by atomic mass is 10.0. The van der Waals surface area contributed by atoms with Crippen molar-refractivity contribution in [3.05, 3.63) is 22.2 Å². The molecular formula is C13H17N3O5. The normalized spacial score (nSPS) is 14.7. The summed E-state index contributed by atoms with van der Waals surface area (Å²) >= 11 is 0. The maximum absolute atomic E-state index is 12.0. The molecule has 0 radical (unpaired) electrons. The molecule has 0 aliphatic carbocycles. The van der Waals surface area contributed by atoms with Gasteiger partial charge in [-0.1, -0.05) is 13.8 Å². The highest BCUT2D eigenvalue weighted by molar-refractivity contribution is 5.97. The van der Waals surface area contributed by atoms with Crippen molar-refractivity contribution in [2.75, 3.05) is 18.5 Å². The van der Waals surface area contributed by atoms with Crippen molar-refractivity contribution >= 4 is 17.3 Å². The van der Waals surface area contributed by atoms with E-state index in [2.05, 4.69) is 5.32 Å². The van der Waals surface area contributed by atoms with Gasteiger partial charge >= 0.3 is 0 Å². The van der Waals surface area contributed by atoms with Gasteiger partial charge in [-0.3, -0.25) is 14.9 Å². The number of carbonyl (C=O) groups excluding carboxylic acids is 1. The molecule has 8 nitrogen and oxygen atoms in total. The zero-order valence-electron chi connectivity index (χ0n) is 11.8. The summed E-state index contributed by atoms with van der Waals surface area (Å²) in [7, 11) is 0. The molecule has 1 aromatic carbocycles. The number of ether oxygens (including phenoxy) is 2. The molecule has 8 heteroatoms. The predicted molar refractivity (Wildman–Crippen MR) is 75.5 cm³/mol. The number of nitrogens with zero attached hydrogens (tertiary/aromatic N) is 1. The van der Waals surface area contributed by atoms with Crippen molar-refractivity contribution in [2.45, 2.75) is 19.9 Å². The number of rotatable bonds is 4. The summed E-state index contributed by atoms with van der Waals surface area (Å²) in [5, 5.41) is 13.6. The molecule has 2 rings (SSSR count). The molecule has 0 bridgehead atoms. The van der Waals surface area contributed by atoms with Crippen molar-refractivity contribution in [2.24, 2.45) is 11.7 Å². The van der Waals surface area contributed by atoms with E-state index in [1.54, 1.807) is 13.8 Å². The van der Waals surface area contributed by atoms with Crippen molar-refractivity contribution in [3.8, 4) is 11.5 Å². The second-order valence-corrected chi connectivity index (χ2v) is 5.03. The molecule has 0 unspecified atom stereocenters. The molecule has 1 amide bonds. The first-order chi connectivity index (χ1) is 9.90. The Hall–Kier alpha value is -2.35. The van der Waals surface area contributed by atoms with Gasteiger partial charge in [0.25, 0.3) is 5.69 Å². The smallest absolute Gasteiger partial charge is 0.296 e. The number of anilines is 1. The van der Waals surface area contributed by atoms with Gasteiger partial charge in [-0.25, -0.2) is 0 Å². The number of amides is 1. The maximum atomic E-state index is 12.0. The molecule has 0 aromatic heterocycles. The Morgan fingerprint density at radius 3 is 2.43 bits per heavy atom. The van der Waals surface area contributed by atoms with Crippen LogP contribution in [0.15, 0.2) is 12.1 Å². The van der Waals surface area contributed by atoms with Gasteiger partial charge in [0.1, 0.15) is 18.9 Å². The zero-order chi connectivity index (χ0) is 15.6. The van der Waals surface area contributed by atoms with Crippen molar-refractivity contribution < 1.29 is 19.2 Å². The number of nitro groups is 1. The van der Waals surface area contributed by atoms with E-state index in [1.165, 1.54) is 12.1 Å². The molecule has 1 aromatic rings. The number of benzene rings is 1. The number of fused-ring (bicyclic) bond motifs is 1. The summed E-state index contributed by atoms with van der Waals surface area (Å²) in [6.45, 7) is 4.27. The van der Waals surface area contributed by atoms with Crippen LogP contribution in [0.2, 0.25) is 0 Å². The Labute approximate surface area is 121 Å². The predicted octanol–water partition coefficient (Wildman–Crippen LogP) is 1.29.